The van der Waals surface area contributed by atoms with E-state index in [0.717, 1.165) is 39.8 Å². The van der Waals surface area contributed by atoms with E-state index in [1.54, 1.807) is 0 Å². The van der Waals surface area contributed by atoms with E-state index >= 15 is 0 Å². The van der Waals surface area contributed by atoms with Crippen molar-refractivity contribution in [3.8, 4) is 17.2 Å². The topological polar surface area (TPSA) is 60.0 Å². The van der Waals surface area contributed by atoms with Crippen LogP contribution in [0.1, 0.15) is 30.4 Å². The summed E-state index contributed by atoms with van der Waals surface area (Å²) in [7, 11) is 3.99. The molecule has 0 saturated heterocycles. The van der Waals surface area contributed by atoms with Gasteiger partial charge in [-0.3, -0.25) is 4.79 Å². The van der Waals surface area contributed by atoms with Crippen LogP contribution in [0, 0.1) is 0 Å². The Labute approximate surface area is 159 Å². The average molecular weight is 368 g/mol. The molecule has 6 nitrogen and oxygen atoms in total. The van der Waals surface area contributed by atoms with Crippen molar-refractivity contribution in [2.45, 2.75) is 19.3 Å². The third kappa shape index (κ3) is 3.16. The van der Waals surface area contributed by atoms with Gasteiger partial charge in [0.15, 0.2) is 11.5 Å². The summed E-state index contributed by atoms with van der Waals surface area (Å²) >= 11 is 0. The van der Waals surface area contributed by atoms with Gasteiger partial charge >= 0.3 is 0 Å². The Balaban J connectivity index is 1.87. The third-order valence-corrected chi connectivity index (χ3v) is 4.95. The highest BCUT2D eigenvalue weighted by atomic mass is 16.6. The molecule has 0 aromatic heterocycles. The molecule has 2 heterocycles. The fraction of sp³-hybridized carbons (Fsp3) is 0.381. The van der Waals surface area contributed by atoms with Crippen LogP contribution < -0.4 is 24.4 Å². The van der Waals surface area contributed by atoms with Gasteiger partial charge in [0.1, 0.15) is 19.0 Å². The molecular formula is C21H24N2O4. The Bertz CT molecular complexity index is 879. The van der Waals surface area contributed by atoms with Crippen LogP contribution in [0.3, 0.4) is 0 Å². The number of carbonyl (C=O) groups excluding carboxylic acids is 1. The Morgan fingerprint density at radius 1 is 1.19 bits per heavy atom. The standard InChI is InChI=1S/C21H24N2O4/c1-4-25-18-11-13(23(2)3)5-6-14(18)15-12-19(24)22-16-7-8-17-21(20(15)16)27-10-9-26-17/h5-8,11,15H,4,9-10,12H2,1-3H3,(H,22,24). The molecule has 6 heteroatoms. The molecule has 2 aliphatic heterocycles. The van der Waals surface area contributed by atoms with E-state index in [2.05, 4.69) is 17.4 Å². The van der Waals surface area contributed by atoms with E-state index in [-0.39, 0.29) is 11.8 Å². The maximum absolute atomic E-state index is 12.4. The van der Waals surface area contributed by atoms with Crippen molar-refractivity contribution in [2.24, 2.45) is 0 Å². The van der Waals surface area contributed by atoms with E-state index < -0.39 is 0 Å². The number of anilines is 2. The molecule has 2 aliphatic rings. The minimum atomic E-state index is -0.150. The number of fused-ring (bicyclic) bond motifs is 3. The normalized spacial score (nSPS) is 17.7. The zero-order valence-electron chi connectivity index (χ0n) is 15.9. The number of nitrogens with zero attached hydrogens (tertiary/aromatic N) is 1. The number of carbonyl (C=O) groups is 1. The van der Waals surface area contributed by atoms with Crippen LogP contribution in [0.2, 0.25) is 0 Å². The summed E-state index contributed by atoms with van der Waals surface area (Å²) < 4.78 is 17.6. The SMILES string of the molecule is CCOc1cc(N(C)C)ccc1C1CC(=O)Nc2ccc3c(c21)OCCO3. The van der Waals surface area contributed by atoms with Crippen molar-refractivity contribution in [1.82, 2.24) is 0 Å². The van der Waals surface area contributed by atoms with Crippen molar-refractivity contribution in [3.05, 3.63) is 41.5 Å². The fourth-order valence-electron chi connectivity index (χ4n) is 3.72. The quantitative estimate of drug-likeness (QED) is 0.896. The molecule has 2 aromatic rings. The monoisotopic (exact) mass is 368 g/mol. The number of hydrogen-bond donors (Lipinski definition) is 1. The maximum Gasteiger partial charge on any atom is 0.225 e. The van der Waals surface area contributed by atoms with E-state index in [0.29, 0.717) is 26.2 Å². The summed E-state index contributed by atoms with van der Waals surface area (Å²) in [5.74, 6) is 2.09. The zero-order chi connectivity index (χ0) is 19.0. The molecule has 142 valence electrons. The highest BCUT2D eigenvalue weighted by Crippen LogP contribution is 2.49. The molecule has 4 rings (SSSR count). The predicted octanol–water partition coefficient (Wildman–Crippen LogP) is 3.40. The van der Waals surface area contributed by atoms with Gasteiger partial charge in [0, 0.05) is 55.0 Å². The highest BCUT2D eigenvalue weighted by molar-refractivity contribution is 5.96. The second-order valence-corrected chi connectivity index (χ2v) is 6.91. The number of amides is 1. The van der Waals surface area contributed by atoms with Gasteiger partial charge in [-0.15, -0.1) is 0 Å². The number of benzene rings is 2. The van der Waals surface area contributed by atoms with E-state index in [4.69, 9.17) is 14.2 Å². The zero-order valence-corrected chi connectivity index (χ0v) is 15.9. The molecule has 1 atom stereocenters. The summed E-state index contributed by atoms with van der Waals surface area (Å²) in [5, 5.41) is 2.97. The van der Waals surface area contributed by atoms with Gasteiger partial charge < -0.3 is 24.4 Å². The average Bonchev–Trinajstić information content (AvgIpc) is 2.67. The number of ether oxygens (including phenoxy) is 3. The van der Waals surface area contributed by atoms with Gasteiger partial charge in [0.2, 0.25) is 5.91 Å². The smallest absolute Gasteiger partial charge is 0.225 e. The predicted molar refractivity (Wildman–Crippen MR) is 104 cm³/mol. The molecule has 1 N–H and O–H groups in total. The van der Waals surface area contributed by atoms with Crippen LogP contribution in [0.25, 0.3) is 0 Å². The van der Waals surface area contributed by atoms with Crippen molar-refractivity contribution < 1.29 is 19.0 Å². The Kier molecular flexibility index (Phi) is 4.56. The van der Waals surface area contributed by atoms with Gasteiger partial charge in [-0.1, -0.05) is 6.07 Å². The lowest BCUT2D eigenvalue weighted by Crippen LogP contribution is -2.26. The molecule has 0 bridgehead atoms. The lowest BCUT2D eigenvalue weighted by atomic mass is 9.83. The van der Waals surface area contributed by atoms with Gasteiger partial charge in [-0.2, -0.15) is 0 Å². The number of hydrogen-bond acceptors (Lipinski definition) is 5. The lowest BCUT2D eigenvalue weighted by Gasteiger charge is -2.32. The Morgan fingerprint density at radius 3 is 2.78 bits per heavy atom. The molecule has 0 aliphatic carbocycles. The van der Waals surface area contributed by atoms with Crippen molar-refractivity contribution in [1.29, 1.82) is 0 Å². The first-order valence-electron chi connectivity index (χ1n) is 9.25. The summed E-state index contributed by atoms with van der Waals surface area (Å²) in [6.07, 6.45) is 0.341. The van der Waals surface area contributed by atoms with E-state index in [9.17, 15) is 4.79 Å². The van der Waals surface area contributed by atoms with Crippen molar-refractivity contribution in [2.75, 3.05) is 44.1 Å². The largest absolute Gasteiger partial charge is 0.493 e. The second-order valence-electron chi connectivity index (χ2n) is 6.91. The van der Waals surface area contributed by atoms with Crippen molar-refractivity contribution in [3.63, 3.8) is 0 Å². The molecule has 27 heavy (non-hydrogen) atoms. The van der Waals surface area contributed by atoms with Crippen LogP contribution in [0.15, 0.2) is 30.3 Å². The van der Waals surface area contributed by atoms with Crippen LogP contribution in [-0.2, 0) is 4.79 Å². The van der Waals surface area contributed by atoms with Gasteiger partial charge in [-0.05, 0) is 25.1 Å². The van der Waals surface area contributed by atoms with Crippen LogP contribution in [0.4, 0.5) is 11.4 Å². The van der Waals surface area contributed by atoms with Gasteiger partial charge in [0.05, 0.1) is 6.61 Å². The highest BCUT2D eigenvalue weighted by Gasteiger charge is 2.34. The molecule has 2 aromatic carbocycles. The van der Waals surface area contributed by atoms with E-state index in [1.807, 2.05) is 44.1 Å². The van der Waals surface area contributed by atoms with Crippen molar-refractivity contribution >= 4 is 17.3 Å². The Hall–Kier alpha value is -2.89. The number of rotatable bonds is 4. The molecule has 1 amide bonds. The second kappa shape index (κ2) is 7.02. The van der Waals surface area contributed by atoms with Crippen LogP contribution >= 0.6 is 0 Å². The minimum absolute atomic E-state index is 0.0108. The molecule has 0 fully saturated rings. The minimum Gasteiger partial charge on any atom is -0.493 e. The van der Waals surface area contributed by atoms with Gasteiger partial charge in [-0.25, -0.2) is 0 Å². The van der Waals surface area contributed by atoms with Crippen LogP contribution in [-0.4, -0.2) is 39.8 Å². The first kappa shape index (κ1) is 17.5. The van der Waals surface area contributed by atoms with E-state index in [1.165, 1.54) is 0 Å². The number of nitrogens with one attached hydrogen (secondary N) is 1. The van der Waals surface area contributed by atoms with Crippen LogP contribution in [0.5, 0.6) is 17.2 Å². The third-order valence-electron chi connectivity index (χ3n) is 4.95. The summed E-state index contributed by atoms with van der Waals surface area (Å²) in [6, 6.07) is 9.88. The summed E-state index contributed by atoms with van der Waals surface area (Å²) in [6.45, 7) is 3.56. The first-order chi connectivity index (χ1) is 13.1. The summed E-state index contributed by atoms with van der Waals surface area (Å²) in [5.41, 5.74) is 3.78. The Morgan fingerprint density at radius 2 is 2.00 bits per heavy atom. The van der Waals surface area contributed by atoms with Gasteiger partial charge in [0.25, 0.3) is 0 Å². The molecule has 0 radical (unpaired) electrons. The maximum atomic E-state index is 12.4. The molecular weight excluding hydrogens is 344 g/mol. The summed E-state index contributed by atoms with van der Waals surface area (Å²) in [4.78, 5) is 14.4. The molecule has 0 saturated carbocycles. The molecule has 0 spiro atoms. The fourth-order valence-corrected chi connectivity index (χ4v) is 3.72. The molecule has 1 unspecified atom stereocenters. The lowest BCUT2D eigenvalue weighted by molar-refractivity contribution is -0.116. The first-order valence-corrected chi connectivity index (χ1v) is 9.25.